The van der Waals surface area contributed by atoms with Crippen molar-refractivity contribution in [2.45, 2.75) is 51.9 Å². The molecule has 2 unspecified atom stereocenters. The summed E-state index contributed by atoms with van der Waals surface area (Å²) in [6, 6.07) is 0. The third-order valence-electron chi connectivity index (χ3n) is 4.95. The van der Waals surface area contributed by atoms with Gasteiger partial charge in [0.2, 0.25) is 0 Å². The minimum Gasteiger partial charge on any atom is -0.375 e. The fraction of sp³-hybridized carbons (Fsp3) is 1.00. The molecule has 0 spiro atoms. The zero-order valence-electron chi connectivity index (χ0n) is 11.2. The molecule has 3 heteroatoms. The maximum absolute atomic E-state index is 6.05. The van der Waals surface area contributed by atoms with Crippen molar-refractivity contribution in [1.82, 2.24) is 4.90 Å². The van der Waals surface area contributed by atoms with Crippen LogP contribution in [0.1, 0.15) is 34.1 Å². The van der Waals surface area contributed by atoms with Crippen molar-refractivity contribution < 1.29 is 9.47 Å². The average molecular weight is 227 g/mol. The Labute approximate surface area is 99.1 Å². The van der Waals surface area contributed by atoms with Gasteiger partial charge in [0.15, 0.2) is 0 Å². The number of rotatable bonds is 3. The van der Waals surface area contributed by atoms with Gasteiger partial charge in [-0.05, 0) is 27.3 Å². The molecule has 2 fully saturated rings. The predicted octanol–water partition coefficient (Wildman–Crippen LogP) is 1.91. The van der Waals surface area contributed by atoms with Gasteiger partial charge in [0.05, 0.1) is 19.3 Å². The number of epoxide rings is 1. The Kier molecular flexibility index (Phi) is 3.06. The summed E-state index contributed by atoms with van der Waals surface area (Å²) in [5.41, 5.74) is 0.356. The lowest BCUT2D eigenvalue weighted by Crippen LogP contribution is -2.62. The van der Waals surface area contributed by atoms with Gasteiger partial charge in [-0.15, -0.1) is 0 Å². The van der Waals surface area contributed by atoms with Crippen molar-refractivity contribution in [3.05, 3.63) is 0 Å². The average Bonchev–Trinajstić information content (AvgIpc) is 2.98. The molecule has 2 aliphatic heterocycles. The molecule has 2 saturated heterocycles. The summed E-state index contributed by atoms with van der Waals surface area (Å²) >= 11 is 0. The van der Waals surface area contributed by atoms with Gasteiger partial charge in [0, 0.05) is 17.5 Å². The van der Waals surface area contributed by atoms with Crippen LogP contribution in [0.5, 0.6) is 0 Å². The quantitative estimate of drug-likeness (QED) is 0.689. The number of hydrogen-bond acceptors (Lipinski definition) is 3. The van der Waals surface area contributed by atoms with E-state index < -0.39 is 0 Å². The number of ether oxygens (including phenoxy) is 2. The van der Waals surface area contributed by atoms with E-state index in [0.29, 0.717) is 12.2 Å². The van der Waals surface area contributed by atoms with Crippen LogP contribution >= 0.6 is 0 Å². The lowest BCUT2D eigenvalue weighted by Gasteiger charge is -2.55. The highest BCUT2D eigenvalue weighted by Gasteiger charge is 2.49. The normalized spacial score (nSPS) is 37.3. The second-order valence-corrected chi connectivity index (χ2v) is 6.27. The van der Waals surface area contributed by atoms with Gasteiger partial charge in [-0.3, -0.25) is 0 Å². The molecule has 16 heavy (non-hydrogen) atoms. The van der Waals surface area contributed by atoms with Crippen LogP contribution in [0.3, 0.4) is 0 Å². The third-order valence-corrected chi connectivity index (χ3v) is 4.95. The molecule has 94 valence electrons. The molecule has 2 atom stereocenters. The van der Waals surface area contributed by atoms with Gasteiger partial charge < -0.3 is 14.4 Å². The molecule has 2 aliphatic rings. The Balaban J connectivity index is 2.01. The van der Waals surface area contributed by atoms with Gasteiger partial charge in [-0.2, -0.15) is 0 Å². The zero-order chi connectivity index (χ0) is 12.0. The molecule has 0 amide bonds. The molecular formula is C13H25NO2. The summed E-state index contributed by atoms with van der Waals surface area (Å²) in [6.45, 7) is 12.0. The van der Waals surface area contributed by atoms with Crippen molar-refractivity contribution >= 4 is 0 Å². The van der Waals surface area contributed by atoms with E-state index in [2.05, 4.69) is 39.6 Å². The van der Waals surface area contributed by atoms with E-state index in [0.717, 1.165) is 26.2 Å². The Bertz CT molecular complexity index is 259. The SMILES string of the molecule is CN1CCC(OCC2CO2)C(C)(C)C1(C)C. The molecule has 3 nitrogen and oxygen atoms in total. The van der Waals surface area contributed by atoms with Crippen LogP contribution in [0.25, 0.3) is 0 Å². The van der Waals surface area contributed by atoms with Gasteiger partial charge in [0.25, 0.3) is 0 Å². The molecule has 0 radical (unpaired) electrons. The van der Waals surface area contributed by atoms with E-state index >= 15 is 0 Å². The predicted molar refractivity (Wildman–Crippen MR) is 64.6 cm³/mol. The summed E-state index contributed by atoms with van der Waals surface area (Å²) in [6.07, 6.45) is 1.85. The minimum absolute atomic E-state index is 0.175. The maximum Gasteiger partial charge on any atom is 0.104 e. The van der Waals surface area contributed by atoms with Crippen LogP contribution in [-0.4, -0.2) is 49.5 Å². The van der Waals surface area contributed by atoms with E-state index in [-0.39, 0.29) is 11.0 Å². The number of nitrogens with zero attached hydrogens (tertiary/aromatic N) is 1. The molecule has 0 aromatic carbocycles. The van der Waals surface area contributed by atoms with Crippen LogP contribution < -0.4 is 0 Å². The van der Waals surface area contributed by atoms with Crippen LogP contribution in [0, 0.1) is 5.41 Å². The van der Waals surface area contributed by atoms with Crippen LogP contribution in [0.15, 0.2) is 0 Å². The number of likely N-dealkylation sites (tertiary alicyclic amines) is 1. The highest BCUT2D eigenvalue weighted by molar-refractivity contribution is 5.02. The van der Waals surface area contributed by atoms with Crippen LogP contribution in [0.4, 0.5) is 0 Å². The van der Waals surface area contributed by atoms with E-state index in [4.69, 9.17) is 9.47 Å². The Morgan fingerprint density at radius 1 is 1.31 bits per heavy atom. The zero-order valence-corrected chi connectivity index (χ0v) is 11.2. The van der Waals surface area contributed by atoms with Gasteiger partial charge in [-0.1, -0.05) is 13.8 Å². The summed E-state index contributed by atoms with van der Waals surface area (Å²) in [5.74, 6) is 0. The molecule has 0 aromatic heterocycles. The lowest BCUT2D eigenvalue weighted by molar-refractivity contribution is -0.134. The summed E-state index contributed by atoms with van der Waals surface area (Å²) in [5, 5.41) is 0. The Morgan fingerprint density at radius 2 is 1.94 bits per heavy atom. The number of piperidine rings is 1. The fourth-order valence-electron chi connectivity index (χ4n) is 2.52. The Hall–Kier alpha value is -0.120. The first-order valence-corrected chi connectivity index (χ1v) is 6.30. The largest absolute Gasteiger partial charge is 0.375 e. The highest BCUT2D eigenvalue weighted by atomic mass is 16.6. The van der Waals surface area contributed by atoms with Crippen molar-refractivity contribution in [1.29, 1.82) is 0 Å². The number of hydrogen-bond donors (Lipinski definition) is 0. The van der Waals surface area contributed by atoms with E-state index in [1.54, 1.807) is 0 Å². The van der Waals surface area contributed by atoms with Crippen molar-refractivity contribution in [3.63, 3.8) is 0 Å². The summed E-state index contributed by atoms with van der Waals surface area (Å²) in [4.78, 5) is 2.44. The molecule has 0 saturated carbocycles. The summed E-state index contributed by atoms with van der Waals surface area (Å²) in [7, 11) is 2.21. The van der Waals surface area contributed by atoms with Gasteiger partial charge in [-0.25, -0.2) is 0 Å². The van der Waals surface area contributed by atoms with Crippen LogP contribution in [0.2, 0.25) is 0 Å². The molecule has 2 rings (SSSR count). The van der Waals surface area contributed by atoms with Crippen molar-refractivity contribution in [2.75, 3.05) is 26.8 Å². The third kappa shape index (κ3) is 2.01. The van der Waals surface area contributed by atoms with Gasteiger partial charge >= 0.3 is 0 Å². The fourth-order valence-corrected chi connectivity index (χ4v) is 2.52. The van der Waals surface area contributed by atoms with Crippen LogP contribution in [-0.2, 0) is 9.47 Å². The molecule has 0 aliphatic carbocycles. The smallest absolute Gasteiger partial charge is 0.104 e. The molecule has 0 aromatic rings. The maximum atomic E-state index is 6.05. The highest BCUT2D eigenvalue weighted by Crippen LogP contribution is 2.44. The monoisotopic (exact) mass is 227 g/mol. The Morgan fingerprint density at radius 3 is 2.50 bits per heavy atom. The molecule has 2 heterocycles. The van der Waals surface area contributed by atoms with Gasteiger partial charge in [0.1, 0.15) is 6.10 Å². The molecule has 0 bridgehead atoms. The van der Waals surface area contributed by atoms with E-state index in [9.17, 15) is 0 Å². The standard InChI is InChI=1S/C13H25NO2/c1-12(2)11(16-9-10-8-15-10)6-7-14(5)13(12,3)4/h10-11H,6-9H2,1-5H3. The lowest BCUT2D eigenvalue weighted by atomic mass is 9.66. The van der Waals surface area contributed by atoms with E-state index in [1.807, 2.05) is 0 Å². The second kappa shape index (κ2) is 3.97. The molecule has 0 N–H and O–H groups in total. The van der Waals surface area contributed by atoms with Crippen molar-refractivity contribution in [3.8, 4) is 0 Å². The first kappa shape index (κ1) is 12.3. The van der Waals surface area contributed by atoms with Crippen molar-refractivity contribution in [2.24, 2.45) is 5.41 Å². The summed E-state index contributed by atoms with van der Waals surface area (Å²) < 4.78 is 11.3. The first-order valence-electron chi connectivity index (χ1n) is 6.30. The second-order valence-electron chi connectivity index (χ2n) is 6.27. The van der Waals surface area contributed by atoms with E-state index in [1.165, 1.54) is 0 Å². The topological polar surface area (TPSA) is 25.0 Å². The molecular weight excluding hydrogens is 202 g/mol. The first-order chi connectivity index (χ1) is 7.35. The minimum atomic E-state index is 0.175.